The van der Waals surface area contributed by atoms with E-state index in [1.54, 1.807) is 11.3 Å². The summed E-state index contributed by atoms with van der Waals surface area (Å²) in [5, 5.41) is 3.73. The summed E-state index contributed by atoms with van der Waals surface area (Å²) in [6, 6.07) is 0. The largest absolute Gasteiger partial charge is 0.356 e. The maximum atomic E-state index is 12.5. The fraction of sp³-hybridized carbons (Fsp3) is 0.632. The Bertz CT molecular complexity index is 794. The lowest BCUT2D eigenvalue weighted by molar-refractivity contribution is -0.121. The summed E-state index contributed by atoms with van der Waals surface area (Å²) in [6.45, 7) is 2.91. The number of rotatable bonds is 8. The Kier molecular flexibility index (Phi) is 6.24. The van der Waals surface area contributed by atoms with Gasteiger partial charge in [0.15, 0.2) is 0 Å². The number of fused-ring (bicyclic) bond motifs is 3. The van der Waals surface area contributed by atoms with Crippen LogP contribution in [-0.2, 0) is 24.1 Å². The third-order valence-electron chi connectivity index (χ3n) is 4.82. The van der Waals surface area contributed by atoms with Crippen LogP contribution in [0.5, 0.6) is 0 Å². The zero-order valence-corrected chi connectivity index (χ0v) is 15.8. The Morgan fingerprint density at radius 2 is 2.08 bits per heavy atom. The van der Waals surface area contributed by atoms with Crippen molar-refractivity contribution >= 4 is 27.5 Å². The first-order valence-corrected chi connectivity index (χ1v) is 10.3. The Morgan fingerprint density at radius 1 is 1.24 bits per heavy atom. The van der Waals surface area contributed by atoms with Crippen molar-refractivity contribution in [3.63, 3.8) is 0 Å². The fourth-order valence-corrected chi connectivity index (χ4v) is 4.71. The molecule has 0 radical (unpaired) electrons. The van der Waals surface area contributed by atoms with E-state index in [-0.39, 0.29) is 11.5 Å². The number of aromatic amines is 1. The molecule has 2 aromatic rings. The molecule has 136 valence electrons. The summed E-state index contributed by atoms with van der Waals surface area (Å²) >= 11 is 1.65. The SMILES string of the molecule is CCCCCCNC(=O)CCc1nc2sc3c(c2c(=O)[nH]1)CCCC3. The third-order valence-corrected chi connectivity index (χ3v) is 6.00. The van der Waals surface area contributed by atoms with Crippen molar-refractivity contribution in [1.82, 2.24) is 15.3 Å². The van der Waals surface area contributed by atoms with Crippen molar-refractivity contribution < 1.29 is 4.79 Å². The highest BCUT2D eigenvalue weighted by Gasteiger charge is 2.19. The molecule has 0 saturated heterocycles. The molecular weight excluding hydrogens is 334 g/mol. The topological polar surface area (TPSA) is 74.8 Å². The summed E-state index contributed by atoms with van der Waals surface area (Å²) in [4.78, 5) is 34.1. The molecule has 0 unspecified atom stereocenters. The van der Waals surface area contributed by atoms with Gasteiger partial charge >= 0.3 is 0 Å². The van der Waals surface area contributed by atoms with Crippen LogP contribution in [-0.4, -0.2) is 22.4 Å². The number of carbonyl (C=O) groups is 1. The van der Waals surface area contributed by atoms with Gasteiger partial charge in [0.25, 0.3) is 5.56 Å². The quantitative estimate of drug-likeness (QED) is 0.707. The Labute approximate surface area is 152 Å². The molecule has 1 amide bonds. The van der Waals surface area contributed by atoms with E-state index in [0.717, 1.165) is 48.9 Å². The van der Waals surface area contributed by atoms with E-state index >= 15 is 0 Å². The number of hydrogen-bond donors (Lipinski definition) is 2. The summed E-state index contributed by atoms with van der Waals surface area (Å²) < 4.78 is 0. The molecule has 5 nitrogen and oxygen atoms in total. The molecule has 0 bridgehead atoms. The first kappa shape index (κ1) is 18.1. The zero-order chi connectivity index (χ0) is 17.6. The van der Waals surface area contributed by atoms with Crippen molar-refractivity contribution in [2.45, 2.75) is 71.1 Å². The van der Waals surface area contributed by atoms with Crippen LogP contribution < -0.4 is 10.9 Å². The summed E-state index contributed by atoms with van der Waals surface area (Å²) in [5.41, 5.74) is 1.16. The predicted octanol–water partition coefficient (Wildman–Crippen LogP) is 3.49. The van der Waals surface area contributed by atoms with Gasteiger partial charge in [0.05, 0.1) is 5.39 Å². The van der Waals surface area contributed by atoms with Gasteiger partial charge in [-0.3, -0.25) is 9.59 Å². The van der Waals surface area contributed by atoms with Crippen LogP contribution in [0.25, 0.3) is 10.2 Å². The van der Waals surface area contributed by atoms with Crippen LogP contribution in [0.1, 0.15) is 68.1 Å². The van der Waals surface area contributed by atoms with Crippen molar-refractivity contribution in [2.24, 2.45) is 0 Å². The molecule has 0 spiro atoms. The maximum absolute atomic E-state index is 12.5. The number of hydrogen-bond acceptors (Lipinski definition) is 4. The lowest BCUT2D eigenvalue weighted by atomic mass is 9.97. The van der Waals surface area contributed by atoms with E-state index in [1.165, 1.54) is 29.7 Å². The first-order chi connectivity index (χ1) is 12.2. The molecular formula is C19H27N3O2S. The molecule has 2 heterocycles. The number of amides is 1. The van der Waals surface area contributed by atoms with E-state index in [9.17, 15) is 9.59 Å². The lowest BCUT2D eigenvalue weighted by Crippen LogP contribution is -2.25. The van der Waals surface area contributed by atoms with E-state index < -0.39 is 0 Å². The number of aryl methyl sites for hydroxylation is 3. The predicted molar refractivity (Wildman–Crippen MR) is 102 cm³/mol. The van der Waals surface area contributed by atoms with Crippen LogP contribution in [0, 0.1) is 0 Å². The van der Waals surface area contributed by atoms with Gasteiger partial charge in [-0.25, -0.2) is 4.98 Å². The highest BCUT2D eigenvalue weighted by atomic mass is 32.1. The first-order valence-electron chi connectivity index (χ1n) is 9.49. The average Bonchev–Trinajstić information content (AvgIpc) is 2.98. The van der Waals surface area contributed by atoms with Gasteiger partial charge in [-0.15, -0.1) is 11.3 Å². The second-order valence-electron chi connectivity index (χ2n) is 6.81. The molecule has 2 aromatic heterocycles. The number of thiophene rings is 1. The van der Waals surface area contributed by atoms with Gasteiger partial charge in [-0.1, -0.05) is 26.2 Å². The maximum Gasteiger partial charge on any atom is 0.259 e. The van der Waals surface area contributed by atoms with Crippen molar-refractivity contribution in [1.29, 1.82) is 0 Å². The van der Waals surface area contributed by atoms with Crippen LogP contribution in [0.2, 0.25) is 0 Å². The second-order valence-corrected chi connectivity index (χ2v) is 7.90. The molecule has 0 aromatic carbocycles. The normalized spacial score (nSPS) is 13.8. The fourth-order valence-electron chi connectivity index (χ4n) is 3.43. The molecule has 0 atom stereocenters. The summed E-state index contributed by atoms with van der Waals surface area (Å²) in [7, 11) is 0. The highest BCUT2D eigenvalue weighted by Crippen LogP contribution is 2.33. The van der Waals surface area contributed by atoms with E-state index in [1.807, 2.05) is 0 Å². The van der Waals surface area contributed by atoms with Gasteiger partial charge in [0, 0.05) is 24.3 Å². The van der Waals surface area contributed by atoms with Crippen molar-refractivity contribution in [3.05, 3.63) is 26.6 Å². The number of unbranched alkanes of at least 4 members (excludes halogenated alkanes) is 3. The minimum absolute atomic E-state index is 0.0321. The molecule has 1 aliphatic rings. The lowest BCUT2D eigenvalue weighted by Gasteiger charge is -2.09. The van der Waals surface area contributed by atoms with Gasteiger partial charge in [-0.05, 0) is 37.7 Å². The second kappa shape index (κ2) is 8.61. The zero-order valence-electron chi connectivity index (χ0n) is 15.0. The summed E-state index contributed by atoms with van der Waals surface area (Å²) in [5.74, 6) is 0.655. The Morgan fingerprint density at radius 3 is 2.92 bits per heavy atom. The molecule has 6 heteroatoms. The minimum atomic E-state index is -0.0422. The highest BCUT2D eigenvalue weighted by molar-refractivity contribution is 7.18. The number of aromatic nitrogens is 2. The van der Waals surface area contributed by atoms with Gasteiger partial charge in [0.1, 0.15) is 10.7 Å². The molecule has 2 N–H and O–H groups in total. The van der Waals surface area contributed by atoms with E-state index in [4.69, 9.17) is 0 Å². The molecule has 1 aliphatic carbocycles. The van der Waals surface area contributed by atoms with Crippen LogP contribution >= 0.6 is 11.3 Å². The smallest absolute Gasteiger partial charge is 0.259 e. The molecule has 25 heavy (non-hydrogen) atoms. The Balaban J connectivity index is 1.59. The molecule has 0 aliphatic heterocycles. The van der Waals surface area contributed by atoms with Crippen molar-refractivity contribution in [3.8, 4) is 0 Å². The monoisotopic (exact) mass is 361 g/mol. The Hall–Kier alpha value is -1.69. The van der Waals surface area contributed by atoms with Crippen LogP contribution in [0.15, 0.2) is 4.79 Å². The van der Waals surface area contributed by atoms with E-state index in [0.29, 0.717) is 18.7 Å². The van der Waals surface area contributed by atoms with Gasteiger partial charge in [0.2, 0.25) is 5.91 Å². The third kappa shape index (κ3) is 4.48. The molecule has 0 fully saturated rings. The number of nitrogens with one attached hydrogen (secondary N) is 2. The van der Waals surface area contributed by atoms with E-state index in [2.05, 4.69) is 22.2 Å². The summed E-state index contributed by atoms with van der Waals surface area (Å²) in [6.07, 6.45) is 9.84. The standard InChI is InChI=1S/C19H27N3O2S/c1-2-3-4-7-12-20-16(23)11-10-15-21-18(24)17-13-8-5-6-9-14(13)25-19(17)22-15/h2-12H2,1H3,(H,20,23)(H,21,22,24). The number of nitrogens with zero attached hydrogens (tertiary/aromatic N) is 1. The number of carbonyl (C=O) groups excluding carboxylic acids is 1. The van der Waals surface area contributed by atoms with Gasteiger partial charge < -0.3 is 10.3 Å². The average molecular weight is 362 g/mol. The van der Waals surface area contributed by atoms with Crippen molar-refractivity contribution in [2.75, 3.05) is 6.54 Å². The number of H-pyrrole nitrogens is 1. The minimum Gasteiger partial charge on any atom is -0.356 e. The molecule has 0 saturated carbocycles. The molecule has 3 rings (SSSR count). The van der Waals surface area contributed by atoms with Crippen LogP contribution in [0.4, 0.5) is 0 Å². The van der Waals surface area contributed by atoms with Gasteiger partial charge in [-0.2, -0.15) is 0 Å². The van der Waals surface area contributed by atoms with Crippen LogP contribution in [0.3, 0.4) is 0 Å².